The van der Waals surface area contributed by atoms with Gasteiger partial charge in [-0.1, -0.05) is 200 Å². The van der Waals surface area contributed by atoms with Crippen molar-refractivity contribution in [2.45, 2.75) is 38.0 Å². The van der Waals surface area contributed by atoms with Crippen LogP contribution in [0.5, 0.6) is 0 Å². The molecule has 1 aromatic heterocycles. The van der Waals surface area contributed by atoms with E-state index in [9.17, 15) is 0 Å². The number of nitrogens with zero attached hydrogens (tertiary/aromatic N) is 1. The van der Waals surface area contributed by atoms with Crippen molar-refractivity contribution in [2.75, 3.05) is 4.90 Å². The molecule has 0 saturated heterocycles. The Morgan fingerprint density at radius 1 is 0.424 bits per heavy atom. The molecule has 0 fully saturated rings. The molecule has 0 spiro atoms. The summed E-state index contributed by atoms with van der Waals surface area (Å²) in [6, 6.07) is 75.3. The fourth-order valence-electron chi connectivity index (χ4n) is 10.5. The number of benzene rings is 9. The van der Waals surface area contributed by atoms with Gasteiger partial charge in [-0.2, -0.15) is 0 Å². The first-order valence-corrected chi connectivity index (χ1v) is 23.5. The van der Waals surface area contributed by atoms with Gasteiger partial charge in [0, 0.05) is 33.4 Å². The number of para-hydroxylation sites is 2. The Labute approximate surface area is 387 Å². The molecule has 0 N–H and O–H groups in total. The van der Waals surface area contributed by atoms with E-state index < -0.39 is 0 Å². The lowest BCUT2D eigenvalue weighted by molar-refractivity contribution is 0.581. The van der Waals surface area contributed by atoms with Crippen LogP contribution < -0.4 is 4.90 Å². The van der Waals surface area contributed by atoms with Gasteiger partial charge in [0.15, 0.2) is 0 Å². The summed E-state index contributed by atoms with van der Waals surface area (Å²) in [5.41, 5.74) is 19.2. The van der Waals surface area contributed by atoms with Crippen LogP contribution in [0.4, 0.5) is 11.4 Å². The molecule has 0 radical (unpaired) electrons. The molecule has 2 nitrogen and oxygen atoms in total. The fourth-order valence-corrected chi connectivity index (χ4v) is 10.5. The van der Waals surface area contributed by atoms with Gasteiger partial charge in [0.1, 0.15) is 11.2 Å². The maximum atomic E-state index is 6.88. The lowest BCUT2D eigenvalue weighted by atomic mass is 9.85. The minimum absolute atomic E-state index is 0.350. The van der Waals surface area contributed by atoms with Gasteiger partial charge < -0.3 is 9.32 Å². The first-order valence-electron chi connectivity index (χ1n) is 23.5. The van der Waals surface area contributed by atoms with Gasteiger partial charge in [0.25, 0.3) is 0 Å². The number of hydrogen-bond donors (Lipinski definition) is 0. The van der Waals surface area contributed by atoms with Gasteiger partial charge in [-0.25, -0.2) is 0 Å². The SMILES string of the molecule is C1=CC(c2cc(-c3ccc(N(C4=CCC(c5cccc6c5oc5c(-c7ccccc7)cccc56)CC4)c4ccc(-c5ccccc5)cc4)cc3)ccc2-c2cccc3ccccc23)=CCC1. The van der Waals surface area contributed by atoms with Crippen LogP contribution >= 0.6 is 0 Å². The van der Waals surface area contributed by atoms with Crippen molar-refractivity contribution in [1.29, 1.82) is 0 Å². The lowest BCUT2D eigenvalue weighted by Gasteiger charge is -2.32. The Kier molecular flexibility index (Phi) is 10.3. The van der Waals surface area contributed by atoms with Crippen LogP contribution in [0.15, 0.2) is 241 Å². The normalized spacial score (nSPS) is 14.9. The van der Waals surface area contributed by atoms with Gasteiger partial charge >= 0.3 is 0 Å². The van der Waals surface area contributed by atoms with Crippen molar-refractivity contribution >= 4 is 49.7 Å². The molecule has 10 aromatic rings. The van der Waals surface area contributed by atoms with E-state index in [1.54, 1.807) is 0 Å². The molecular weight excluding hydrogens is 799 g/mol. The van der Waals surface area contributed by atoms with E-state index >= 15 is 0 Å². The van der Waals surface area contributed by atoms with Crippen molar-refractivity contribution in [2.24, 2.45) is 0 Å². The molecule has 0 bridgehead atoms. The zero-order valence-electron chi connectivity index (χ0n) is 36.9. The van der Waals surface area contributed by atoms with Gasteiger partial charge in [-0.3, -0.25) is 0 Å². The Morgan fingerprint density at radius 3 is 1.76 bits per heavy atom. The van der Waals surface area contributed by atoms with E-state index in [1.807, 2.05) is 0 Å². The molecule has 66 heavy (non-hydrogen) atoms. The number of rotatable bonds is 9. The fraction of sp³-hybridized carbons (Fsp3) is 0.0938. The summed E-state index contributed by atoms with van der Waals surface area (Å²) in [6.45, 7) is 0. The number of allylic oxidation sites excluding steroid dienone is 6. The van der Waals surface area contributed by atoms with Crippen molar-refractivity contribution in [3.63, 3.8) is 0 Å². The lowest BCUT2D eigenvalue weighted by Crippen LogP contribution is -2.20. The van der Waals surface area contributed by atoms with Crippen LogP contribution in [-0.2, 0) is 0 Å². The quantitative estimate of drug-likeness (QED) is 0.144. The molecule has 1 atom stereocenters. The van der Waals surface area contributed by atoms with Gasteiger partial charge in [-0.15, -0.1) is 0 Å². The average Bonchev–Trinajstić information content (AvgIpc) is 3.79. The highest BCUT2D eigenvalue weighted by molar-refractivity contribution is 6.10. The second-order valence-electron chi connectivity index (χ2n) is 17.8. The molecule has 0 aliphatic heterocycles. The summed E-state index contributed by atoms with van der Waals surface area (Å²) in [6.07, 6.45) is 14.6. The molecule has 1 heterocycles. The zero-order chi connectivity index (χ0) is 43.8. The number of fused-ring (bicyclic) bond motifs is 4. The van der Waals surface area contributed by atoms with Crippen LogP contribution in [0.25, 0.3) is 82.8 Å². The highest BCUT2D eigenvalue weighted by atomic mass is 16.3. The molecule has 316 valence electrons. The van der Waals surface area contributed by atoms with E-state index in [-0.39, 0.29) is 0 Å². The third-order valence-corrected chi connectivity index (χ3v) is 13.9. The van der Waals surface area contributed by atoms with E-state index in [0.717, 1.165) is 60.2 Å². The van der Waals surface area contributed by atoms with E-state index in [2.05, 4.69) is 235 Å². The van der Waals surface area contributed by atoms with Crippen LogP contribution in [0.2, 0.25) is 0 Å². The number of hydrogen-bond acceptors (Lipinski definition) is 2. The van der Waals surface area contributed by atoms with Crippen molar-refractivity contribution in [3.8, 4) is 44.5 Å². The van der Waals surface area contributed by atoms with Gasteiger partial charge in [0.05, 0.1) is 0 Å². The molecule has 2 aliphatic rings. The van der Waals surface area contributed by atoms with Gasteiger partial charge in [-0.05, 0) is 135 Å². The van der Waals surface area contributed by atoms with Crippen LogP contribution in [0.3, 0.4) is 0 Å². The third-order valence-electron chi connectivity index (χ3n) is 13.9. The topological polar surface area (TPSA) is 16.4 Å². The van der Waals surface area contributed by atoms with Crippen molar-refractivity contribution in [3.05, 3.63) is 247 Å². The largest absolute Gasteiger partial charge is 0.455 e. The van der Waals surface area contributed by atoms with E-state index in [0.29, 0.717) is 5.92 Å². The van der Waals surface area contributed by atoms with Crippen LogP contribution in [0.1, 0.15) is 49.1 Å². The Balaban J connectivity index is 0.897. The predicted molar refractivity (Wildman–Crippen MR) is 279 cm³/mol. The number of anilines is 2. The summed E-state index contributed by atoms with van der Waals surface area (Å²) < 4.78 is 6.88. The predicted octanol–water partition coefficient (Wildman–Crippen LogP) is 18.1. The third kappa shape index (κ3) is 7.35. The highest BCUT2D eigenvalue weighted by Crippen LogP contribution is 2.45. The molecule has 0 amide bonds. The standard InChI is InChI=1S/C64H49NO/c1-4-15-44(16-5-1)45-29-36-52(37-30-45)65(54-40-33-50(34-41-54)57-25-14-28-61-60-27-13-24-56(63(60)66-64(57)61)48-17-6-2-7-18-48)53-38-31-46(32-39-53)51-35-42-59(62(43-51)49-19-8-3-9-20-49)58-26-12-22-47-21-10-11-23-55(47)58/h1-2,4-8,10-32,35-40,42-43,50H,3,9,33-34,41H2. The molecule has 9 aromatic carbocycles. The second-order valence-corrected chi connectivity index (χ2v) is 17.8. The number of furan rings is 1. The summed E-state index contributed by atoms with van der Waals surface area (Å²) in [7, 11) is 0. The van der Waals surface area contributed by atoms with Crippen molar-refractivity contribution < 1.29 is 4.42 Å². The minimum atomic E-state index is 0.350. The molecule has 2 heteroatoms. The minimum Gasteiger partial charge on any atom is -0.455 e. The molecular formula is C64H49NO. The maximum Gasteiger partial charge on any atom is 0.143 e. The Bertz CT molecular complexity index is 3470. The first kappa shape index (κ1) is 39.6. The summed E-state index contributed by atoms with van der Waals surface area (Å²) in [5, 5.41) is 4.91. The second kappa shape index (κ2) is 17.2. The molecule has 12 rings (SSSR count). The summed E-state index contributed by atoms with van der Waals surface area (Å²) in [5.74, 6) is 0.350. The molecule has 2 aliphatic carbocycles. The highest BCUT2D eigenvalue weighted by Gasteiger charge is 2.26. The Hall–Kier alpha value is -7.94. The van der Waals surface area contributed by atoms with Gasteiger partial charge in [0.2, 0.25) is 0 Å². The monoisotopic (exact) mass is 847 g/mol. The van der Waals surface area contributed by atoms with Crippen LogP contribution in [0, 0.1) is 0 Å². The summed E-state index contributed by atoms with van der Waals surface area (Å²) in [4.78, 5) is 2.48. The smallest absolute Gasteiger partial charge is 0.143 e. The van der Waals surface area contributed by atoms with Crippen LogP contribution in [-0.4, -0.2) is 0 Å². The van der Waals surface area contributed by atoms with E-state index in [1.165, 1.54) is 82.9 Å². The maximum absolute atomic E-state index is 6.88. The average molecular weight is 848 g/mol. The summed E-state index contributed by atoms with van der Waals surface area (Å²) >= 11 is 0. The molecule has 0 saturated carbocycles. The molecule has 1 unspecified atom stereocenters. The zero-order valence-corrected chi connectivity index (χ0v) is 36.9. The first-order chi connectivity index (χ1) is 32.7. The Morgan fingerprint density at radius 2 is 1.03 bits per heavy atom. The van der Waals surface area contributed by atoms with Crippen molar-refractivity contribution in [1.82, 2.24) is 0 Å². The van der Waals surface area contributed by atoms with E-state index in [4.69, 9.17) is 4.42 Å².